The Labute approximate surface area is 74.2 Å². The molecule has 2 rings (SSSR count). The lowest BCUT2D eigenvalue weighted by Gasteiger charge is -2.03. The first-order valence-corrected chi connectivity index (χ1v) is 3.94. The standard InChI is InChI=1S/C9H8FNO2/c10-6-1-2-7-5(3-6)4-8(11-7)9(12)13/h1-3,8,11H,4H2,(H,12,13)/t8-/m1/s1. The Morgan fingerprint density at radius 3 is 3.08 bits per heavy atom. The Morgan fingerprint density at radius 2 is 2.38 bits per heavy atom. The Kier molecular flexibility index (Phi) is 1.69. The van der Waals surface area contributed by atoms with E-state index in [-0.39, 0.29) is 5.82 Å². The largest absolute Gasteiger partial charge is 0.480 e. The van der Waals surface area contributed by atoms with Gasteiger partial charge in [-0.25, -0.2) is 9.18 Å². The summed E-state index contributed by atoms with van der Waals surface area (Å²) in [6.45, 7) is 0. The van der Waals surface area contributed by atoms with Crippen LogP contribution in [-0.4, -0.2) is 17.1 Å². The Balaban J connectivity index is 2.30. The molecule has 1 aromatic carbocycles. The molecule has 1 heterocycles. The van der Waals surface area contributed by atoms with E-state index in [1.807, 2.05) is 0 Å². The second kappa shape index (κ2) is 2.73. The fourth-order valence-corrected chi connectivity index (χ4v) is 1.48. The summed E-state index contributed by atoms with van der Waals surface area (Å²) in [7, 11) is 0. The lowest BCUT2D eigenvalue weighted by atomic mass is 10.1. The van der Waals surface area contributed by atoms with Crippen LogP contribution in [-0.2, 0) is 11.2 Å². The molecule has 0 aliphatic carbocycles. The lowest BCUT2D eigenvalue weighted by molar-refractivity contribution is -0.137. The number of halogens is 1. The van der Waals surface area contributed by atoms with E-state index in [4.69, 9.17) is 5.11 Å². The number of nitrogens with one attached hydrogen (secondary N) is 1. The van der Waals surface area contributed by atoms with Gasteiger partial charge < -0.3 is 10.4 Å². The number of hydrogen-bond acceptors (Lipinski definition) is 2. The Hall–Kier alpha value is -1.58. The van der Waals surface area contributed by atoms with Crippen molar-refractivity contribution < 1.29 is 14.3 Å². The maximum Gasteiger partial charge on any atom is 0.326 e. The summed E-state index contributed by atoms with van der Waals surface area (Å²) in [6.07, 6.45) is 0.350. The van der Waals surface area contributed by atoms with Gasteiger partial charge in [0.05, 0.1) is 0 Å². The SMILES string of the molecule is O=C(O)[C@H]1Cc2cc(F)ccc2N1. The molecule has 0 fully saturated rings. The van der Waals surface area contributed by atoms with Crippen molar-refractivity contribution in [3.8, 4) is 0 Å². The van der Waals surface area contributed by atoms with Crippen LogP contribution in [0.15, 0.2) is 18.2 Å². The van der Waals surface area contributed by atoms with Crippen molar-refractivity contribution in [1.82, 2.24) is 0 Å². The topological polar surface area (TPSA) is 49.3 Å². The van der Waals surface area contributed by atoms with Gasteiger partial charge in [-0.05, 0) is 23.8 Å². The van der Waals surface area contributed by atoms with Crippen LogP contribution >= 0.6 is 0 Å². The van der Waals surface area contributed by atoms with Crippen LogP contribution in [0, 0.1) is 5.82 Å². The molecule has 3 nitrogen and oxygen atoms in total. The number of aliphatic carboxylic acids is 1. The maximum absolute atomic E-state index is 12.7. The van der Waals surface area contributed by atoms with Crippen LogP contribution in [0.25, 0.3) is 0 Å². The second-order valence-electron chi connectivity index (χ2n) is 3.04. The highest BCUT2D eigenvalue weighted by Gasteiger charge is 2.26. The summed E-state index contributed by atoms with van der Waals surface area (Å²) in [5.41, 5.74) is 1.45. The molecule has 1 aromatic rings. The molecule has 0 saturated heterocycles. The van der Waals surface area contributed by atoms with E-state index in [2.05, 4.69) is 5.32 Å². The number of carboxylic acid groups (broad SMARTS) is 1. The zero-order valence-corrected chi connectivity index (χ0v) is 6.75. The molecule has 0 amide bonds. The van der Waals surface area contributed by atoms with Gasteiger partial charge in [0, 0.05) is 12.1 Å². The molecule has 1 aliphatic rings. The van der Waals surface area contributed by atoms with Crippen molar-refractivity contribution >= 4 is 11.7 Å². The third-order valence-corrected chi connectivity index (χ3v) is 2.12. The minimum Gasteiger partial charge on any atom is -0.480 e. The number of carbonyl (C=O) groups is 1. The predicted molar refractivity (Wildman–Crippen MR) is 45.2 cm³/mol. The van der Waals surface area contributed by atoms with Crippen molar-refractivity contribution in [2.45, 2.75) is 12.5 Å². The van der Waals surface area contributed by atoms with Crippen LogP contribution in [0.1, 0.15) is 5.56 Å². The van der Waals surface area contributed by atoms with Gasteiger partial charge in [-0.2, -0.15) is 0 Å². The van der Waals surface area contributed by atoms with Crippen LogP contribution in [0.5, 0.6) is 0 Å². The molecule has 4 heteroatoms. The number of anilines is 1. The zero-order chi connectivity index (χ0) is 9.42. The summed E-state index contributed by atoms with van der Waals surface area (Å²) < 4.78 is 12.7. The molecular weight excluding hydrogens is 173 g/mol. The van der Waals surface area contributed by atoms with E-state index in [9.17, 15) is 9.18 Å². The highest BCUT2D eigenvalue weighted by Crippen LogP contribution is 2.26. The van der Waals surface area contributed by atoms with E-state index in [1.165, 1.54) is 12.1 Å². The van der Waals surface area contributed by atoms with Gasteiger partial charge in [0.2, 0.25) is 0 Å². The van der Waals surface area contributed by atoms with E-state index in [1.54, 1.807) is 6.07 Å². The lowest BCUT2D eigenvalue weighted by Crippen LogP contribution is -2.26. The molecule has 68 valence electrons. The molecule has 1 atom stereocenters. The van der Waals surface area contributed by atoms with Gasteiger partial charge in [0.15, 0.2) is 0 Å². The fraction of sp³-hybridized carbons (Fsp3) is 0.222. The minimum absolute atomic E-state index is 0.327. The van der Waals surface area contributed by atoms with Crippen LogP contribution < -0.4 is 5.32 Å². The zero-order valence-electron chi connectivity index (χ0n) is 6.75. The fourth-order valence-electron chi connectivity index (χ4n) is 1.48. The van der Waals surface area contributed by atoms with Gasteiger partial charge >= 0.3 is 5.97 Å². The van der Waals surface area contributed by atoms with Crippen molar-refractivity contribution in [1.29, 1.82) is 0 Å². The smallest absolute Gasteiger partial charge is 0.326 e. The van der Waals surface area contributed by atoms with Crippen molar-refractivity contribution in [2.24, 2.45) is 0 Å². The highest BCUT2D eigenvalue weighted by molar-refractivity contribution is 5.81. The van der Waals surface area contributed by atoms with Gasteiger partial charge in [-0.3, -0.25) is 0 Å². The van der Waals surface area contributed by atoms with E-state index < -0.39 is 12.0 Å². The molecule has 0 radical (unpaired) electrons. The molecule has 0 aromatic heterocycles. The molecule has 0 bridgehead atoms. The minimum atomic E-state index is -0.906. The molecule has 1 aliphatic heterocycles. The van der Waals surface area contributed by atoms with Crippen molar-refractivity contribution in [2.75, 3.05) is 5.32 Å². The highest BCUT2D eigenvalue weighted by atomic mass is 19.1. The average molecular weight is 181 g/mol. The first kappa shape index (κ1) is 8.04. The second-order valence-corrected chi connectivity index (χ2v) is 3.04. The van der Waals surface area contributed by atoms with Crippen molar-refractivity contribution in [3.05, 3.63) is 29.6 Å². The number of fused-ring (bicyclic) bond motifs is 1. The summed E-state index contributed by atoms with van der Waals surface area (Å²) in [4.78, 5) is 10.6. The van der Waals surface area contributed by atoms with Crippen molar-refractivity contribution in [3.63, 3.8) is 0 Å². The quantitative estimate of drug-likeness (QED) is 0.685. The van der Waals surface area contributed by atoms with E-state index in [0.29, 0.717) is 12.1 Å². The average Bonchev–Trinajstić information content (AvgIpc) is 2.46. The Morgan fingerprint density at radius 1 is 1.62 bits per heavy atom. The van der Waals surface area contributed by atoms with Gasteiger partial charge in [0.25, 0.3) is 0 Å². The number of rotatable bonds is 1. The molecule has 2 N–H and O–H groups in total. The number of carboxylic acids is 1. The van der Waals surface area contributed by atoms with Gasteiger partial charge in [0.1, 0.15) is 11.9 Å². The molecule has 13 heavy (non-hydrogen) atoms. The summed E-state index contributed by atoms with van der Waals surface area (Å²) in [6, 6.07) is 3.63. The first-order chi connectivity index (χ1) is 6.16. The number of hydrogen-bond donors (Lipinski definition) is 2. The van der Waals surface area contributed by atoms with Crippen LogP contribution in [0.2, 0.25) is 0 Å². The molecule has 0 saturated carbocycles. The Bertz CT molecular complexity index is 365. The third kappa shape index (κ3) is 1.35. The first-order valence-electron chi connectivity index (χ1n) is 3.94. The van der Waals surface area contributed by atoms with Gasteiger partial charge in [-0.15, -0.1) is 0 Å². The van der Waals surface area contributed by atoms with E-state index >= 15 is 0 Å². The monoisotopic (exact) mass is 181 g/mol. The summed E-state index contributed by atoms with van der Waals surface area (Å²) >= 11 is 0. The molecule has 0 spiro atoms. The summed E-state index contributed by atoms with van der Waals surface area (Å²) in [5, 5.41) is 11.5. The summed E-state index contributed by atoms with van der Waals surface area (Å²) in [5.74, 6) is -1.23. The normalized spacial score (nSPS) is 19.3. The van der Waals surface area contributed by atoms with E-state index in [0.717, 1.165) is 5.56 Å². The number of benzene rings is 1. The third-order valence-electron chi connectivity index (χ3n) is 2.12. The molecular formula is C9H8FNO2. The van der Waals surface area contributed by atoms with Crippen LogP contribution in [0.4, 0.5) is 10.1 Å². The molecule has 0 unspecified atom stereocenters. The maximum atomic E-state index is 12.7. The predicted octanol–water partition coefficient (Wildman–Crippen LogP) is 1.25. The van der Waals surface area contributed by atoms with Gasteiger partial charge in [-0.1, -0.05) is 0 Å². The van der Waals surface area contributed by atoms with Crippen LogP contribution in [0.3, 0.4) is 0 Å².